The summed E-state index contributed by atoms with van der Waals surface area (Å²) in [5, 5.41) is 0. The van der Waals surface area contributed by atoms with Crippen LogP contribution < -0.4 is 0 Å². The van der Waals surface area contributed by atoms with Crippen molar-refractivity contribution in [2.45, 2.75) is 27.7 Å². The predicted molar refractivity (Wildman–Crippen MR) is 33.8 cm³/mol. The number of rotatable bonds is 0. The van der Waals surface area contributed by atoms with Crippen molar-refractivity contribution in [1.29, 1.82) is 0 Å². The lowest BCUT2D eigenvalue weighted by atomic mass is 9.91. The Morgan fingerprint density at radius 1 is 1.38 bits per heavy atom. The average molecular weight is 112 g/mol. The van der Waals surface area contributed by atoms with Crippen LogP contribution in [0.25, 0.3) is 5.53 Å². The Balaban J connectivity index is 4.26. The van der Waals surface area contributed by atoms with Gasteiger partial charge in [0.05, 0.1) is 5.41 Å². The Labute approximate surface area is 50.1 Å². The third-order valence-electron chi connectivity index (χ3n) is 1.24. The van der Waals surface area contributed by atoms with Crippen LogP contribution in [-0.2, 0) is 0 Å². The van der Waals surface area contributed by atoms with Gasteiger partial charge in [-0.05, 0) is 20.8 Å². The third-order valence-corrected chi connectivity index (χ3v) is 1.24. The minimum Gasteiger partial charge on any atom is -0.362 e. The Morgan fingerprint density at radius 2 is 1.75 bits per heavy atom. The molecule has 0 aliphatic heterocycles. The molecule has 0 rings (SSSR count). The first-order chi connectivity index (χ1) is 3.48. The first kappa shape index (κ1) is 7.38. The average Bonchev–Trinajstić information content (AvgIpc) is 1.62. The molecule has 2 heteroatoms. The lowest BCUT2D eigenvalue weighted by Gasteiger charge is -2.07. The summed E-state index contributed by atoms with van der Waals surface area (Å²) < 4.78 is 0. The molecule has 0 unspecified atom stereocenters. The minimum atomic E-state index is 0.00868. The monoisotopic (exact) mass is 112 g/mol. The fourth-order valence-corrected chi connectivity index (χ4v) is 0.150. The first-order valence-electron chi connectivity index (χ1n) is 2.67. The van der Waals surface area contributed by atoms with E-state index in [1.54, 1.807) is 6.92 Å². The van der Waals surface area contributed by atoms with Crippen molar-refractivity contribution in [1.82, 2.24) is 0 Å². The van der Waals surface area contributed by atoms with Gasteiger partial charge in [0, 0.05) is 6.92 Å². The van der Waals surface area contributed by atoms with E-state index in [4.69, 9.17) is 5.53 Å². The van der Waals surface area contributed by atoms with Gasteiger partial charge >= 0.3 is 0 Å². The topological polar surface area (TPSA) is 36.4 Å². The van der Waals surface area contributed by atoms with Crippen LogP contribution in [0.3, 0.4) is 0 Å². The van der Waals surface area contributed by atoms with Crippen molar-refractivity contribution < 1.29 is 4.79 Å². The summed E-state index contributed by atoms with van der Waals surface area (Å²) in [6.45, 7) is 7.81. The molecule has 0 aliphatic rings. The summed E-state index contributed by atoms with van der Waals surface area (Å²) in [5.74, 6) is 0. The quantitative estimate of drug-likeness (QED) is 0.260. The molecule has 0 radical (unpaired) electrons. The van der Waals surface area contributed by atoms with Gasteiger partial charge < -0.3 is 5.53 Å². The highest BCUT2D eigenvalue weighted by atomic mass is 14.9. The van der Waals surface area contributed by atoms with Crippen LogP contribution in [0.5, 0.6) is 0 Å². The van der Waals surface area contributed by atoms with Crippen LogP contribution in [0.4, 0.5) is 0 Å². The maximum atomic E-state index is 8.26. The smallest absolute Gasteiger partial charge is 0.271 e. The molecular formula is C6H12N2. The minimum absolute atomic E-state index is 0.00868. The zero-order valence-electron chi connectivity index (χ0n) is 5.89. The second-order valence-electron chi connectivity index (χ2n) is 2.94. The van der Waals surface area contributed by atoms with Crippen molar-refractivity contribution in [2.24, 2.45) is 5.41 Å². The molecule has 2 nitrogen and oxygen atoms in total. The lowest BCUT2D eigenvalue weighted by molar-refractivity contribution is -0.0178. The largest absolute Gasteiger partial charge is 0.362 e. The highest BCUT2D eigenvalue weighted by Gasteiger charge is 2.20. The van der Waals surface area contributed by atoms with E-state index in [0.29, 0.717) is 0 Å². The van der Waals surface area contributed by atoms with Gasteiger partial charge in [0.1, 0.15) is 0 Å². The molecule has 0 saturated heterocycles. The van der Waals surface area contributed by atoms with E-state index in [1.807, 2.05) is 20.8 Å². The summed E-state index contributed by atoms with van der Waals surface area (Å²) in [6, 6.07) is 0. The van der Waals surface area contributed by atoms with Crippen molar-refractivity contribution in [3.8, 4) is 0 Å². The van der Waals surface area contributed by atoms with Gasteiger partial charge in [-0.2, -0.15) is 4.79 Å². The van der Waals surface area contributed by atoms with Crippen molar-refractivity contribution in [3.63, 3.8) is 0 Å². The van der Waals surface area contributed by atoms with Crippen LogP contribution in [0, 0.1) is 5.41 Å². The van der Waals surface area contributed by atoms with Gasteiger partial charge in [-0.3, -0.25) is 0 Å². The molecule has 8 heavy (non-hydrogen) atoms. The Hall–Kier alpha value is -0.620. The highest BCUT2D eigenvalue weighted by Crippen LogP contribution is 2.12. The molecule has 46 valence electrons. The van der Waals surface area contributed by atoms with E-state index < -0.39 is 0 Å². The number of hydrogen-bond acceptors (Lipinski definition) is 0. The molecule has 0 atom stereocenters. The standard InChI is InChI=1S/C6H12N2/c1-5(8-7)6(2,3)4/h1-4H3. The van der Waals surface area contributed by atoms with Crippen LogP contribution in [0.2, 0.25) is 0 Å². The van der Waals surface area contributed by atoms with Crippen molar-refractivity contribution >= 4 is 5.71 Å². The van der Waals surface area contributed by atoms with Crippen molar-refractivity contribution in [2.75, 3.05) is 0 Å². The molecule has 0 aliphatic carbocycles. The molecule has 0 amide bonds. The SMILES string of the molecule is CC(=[N+]=[N-])C(C)(C)C. The fraction of sp³-hybridized carbons (Fsp3) is 0.833. The maximum absolute atomic E-state index is 8.26. The lowest BCUT2D eigenvalue weighted by Crippen LogP contribution is -2.17. The molecule has 0 saturated carbocycles. The zero-order chi connectivity index (χ0) is 6.78. The maximum Gasteiger partial charge on any atom is 0.271 e. The molecule has 0 N–H and O–H groups in total. The first-order valence-corrected chi connectivity index (χ1v) is 2.67. The van der Waals surface area contributed by atoms with E-state index >= 15 is 0 Å². The summed E-state index contributed by atoms with van der Waals surface area (Å²) in [5.41, 5.74) is 9.03. The van der Waals surface area contributed by atoms with Crippen LogP contribution in [0.1, 0.15) is 27.7 Å². The molecule has 0 aromatic rings. The Bertz CT molecular complexity index is 124. The van der Waals surface area contributed by atoms with Crippen LogP contribution in [-0.4, -0.2) is 10.5 Å². The van der Waals surface area contributed by atoms with Crippen LogP contribution >= 0.6 is 0 Å². The van der Waals surface area contributed by atoms with E-state index in [9.17, 15) is 0 Å². The zero-order valence-corrected chi connectivity index (χ0v) is 5.89. The molecule has 0 fully saturated rings. The molecule has 0 spiro atoms. The summed E-state index contributed by atoms with van der Waals surface area (Å²) in [6.07, 6.45) is 0. The van der Waals surface area contributed by atoms with Gasteiger partial charge in [0.2, 0.25) is 0 Å². The fourth-order valence-electron chi connectivity index (χ4n) is 0.150. The number of hydrogen-bond donors (Lipinski definition) is 0. The molecule has 0 aromatic heterocycles. The van der Waals surface area contributed by atoms with E-state index in [0.717, 1.165) is 5.71 Å². The van der Waals surface area contributed by atoms with E-state index in [-0.39, 0.29) is 5.41 Å². The van der Waals surface area contributed by atoms with Gasteiger partial charge in [-0.15, -0.1) is 0 Å². The predicted octanol–water partition coefficient (Wildman–Crippen LogP) is 1.72. The van der Waals surface area contributed by atoms with Gasteiger partial charge in [0.15, 0.2) is 0 Å². The summed E-state index contributed by atoms with van der Waals surface area (Å²) >= 11 is 0. The van der Waals surface area contributed by atoms with Gasteiger partial charge in [0.25, 0.3) is 5.71 Å². The van der Waals surface area contributed by atoms with Gasteiger partial charge in [-0.1, -0.05) is 0 Å². The molecule has 0 aromatic carbocycles. The Morgan fingerprint density at radius 3 is 1.75 bits per heavy atom. The summed E-state index contributed by atoms with van der Waals surface area (Å²) in [4.78, 5) is 3.08. The van der Waals surface area contributed by atoms with E-state index in [1.165, 1.54) is 0 Å². The van der Waals surface area contributed by atoms with Gasteiger partial charge in [-0.25, -0.2) is 0 Å². The third kappa shape index (κ3) is 1.90. The number of nitrogens with zero attached hydrogens (tertiary/aromatic N) is 2. The molecule has 0 bridgehead atoms. The second-order valence-corrected chi connectivity index (χ2v) is 2.94. The second kappa shape index (κ2) is 2.10. The summed E-state index contributed by atoms with van der Waals surface area (Å²) in [7, 11) is 0. The van der Waals surface area contributed by atoms with Crippen molar-refractivity contribution in [3.05, 3.63) is 5.53 Å². The highest BCUT2D eigenvalue weighted by molar-refractivity contribution is 5.81. The Kier molecular flexibility index (Phi) is 1.94. The normalized spacial score (nSPS) is 10.5. The van der Waals surface area contributed by atoms with E-state index in [2.05, 4.69) is 4.79 Å². The molecular weight excluding hydrogens is 100 g/mol. The molecule has 0 heterocycles. The van der Waals surface area contributed by atoms with Crippen LogP contribution in [0.15, 0.2) is 0 Å².